The number of aryl methyl sites for hydroxylation is 1. The quantitative estimate of drug-likeness (QED) is 0.673. The molecular formula is C15H17ClN4. The van der Waals surface area contributed by atoms with Crippen molar-refractivity contribution in [2.75, 3.05) is 0 Å². The Balaban J connectivity index is 2.01. The standard InChI is InChI=1S/C15H17ClN4/c16-13-9-18-8-6-11(13)15(20-17)12-5-1-3-10-4-2-7-19-14(10)12/h2,4,6-9,12,15,20H,1,3,5,17H2. The van der Waals surface area contributed by atoms with E-state index in [-0.39, 0.29) is 12.0 Å². The monoisotopic (exact) mass is 288 g/mol. The largest absolute Gasteiger partial charge is 0.271 e. The van der Waals surface area contributed by atoms with Crippen LogP contribution in [-0.2, 0) is 6.42 Å². The van der Waals surface area contributed by atoms with Crippen LogP contribution in [0.5, 0.6) is 0 Å². The number of hydrogen-bond acceptors (Lipinski definition) is 4. The SMILES string of the molecule is NNC(c1ccncc1Cl)C1CCCc2cccnc21. The van der Waals surface area contributed by atoms with Gasteiger partial charge in [0, 0.05) is 30.2 Å². The van der Waals surface area contributed by atoms with Crippen molar-refractivity contribution in [3.05, 3.63) is 58.6 Å². The molecule has 2 heterocycles. The Labute approximate surface area is 123 Å². The van der Waals surface area contributed by atoms with Crippen molar-refractivity contribution in [3.8, 4) is 0 Å². The van der Waals surface area contributed by atoms with E-state index in [0.717, 1.165) is 30.5 Å². The van der Waals surface area contributed by atoms with Gasteiger partial charge in [0.2, 0.25) is 0 Å². The normalized spacial score (nSPS) is 19.4. The molecule has 104 valence electrons. The molecule has 0 spiro atoms. The second-order valence-corrected chi connectivity index (χ2v) is 5.50. The van der Waals surface area contributed by atoms with Crippen molar-refractivity contribution >= 4 is 11.6 Å². The highest BCUT2D eigenvalue weighted by Gasteiger charge is 2.30. The van der Waals surface area contributed by atoms with Crippen LogP contribution in [0.15, 0.2) is 36.8 Å². The van der Waals surface area contributed by atoms with Gasteiger partial charge in [-0.3, -0.25) is 21.2 Å². The van der Waals surface area contributed by atoms with Gasteiger partial charge < -0.3 is 0 Å². The number of pyridine rings is 2. The van der Waals surface area contributed by atoms with Crippen LogP contribution < -0.4 is 11.3 Å². The van der Waals surface area contributed by atoms with Crippen molar-refractivity contribution in [2.24, 2.45) is 5.84 Å². The van der Waals surface area contributed by atoms with Crippen molar-refractivity contribution in [2.45, 2.75) is 31.2 Å². The molecule has 2 aromatic heterocycles. The third-order valence-electron chi connectivity index (χ3n) is 3.96. The van der Waals surface area contributed by atoms with E-state index in [1.54, 1.807) is 12.4 Å². The fourth-order valence-corrected chi connectivity index (χ4v) is 3.27. The molecule has 0 radical (unpaired) electrons. The van der Waals surface area contributed by atoms with Gasteiger partial charge >= 0.3 is 0 Å². The number of hydrogen-bond donors (Lipinski definition) is 2. The van der Waals surface area contributed by atoms with E-state index in [1.165, 1.54) is 5.56 Å². The van der Waals surface area contributed by atoms with Crippen LogP contribution in [0.2, 0.25) is 5.02 Å². The fourth-order valence-electron chi connectivity index (χ4n) is 3.03. The van der Waals surface area contributed by atoms with Crippen LogP contribution in [0.3, 0.4) is 0 Å². The first-order valence-corrected chi connectivity index (χ1v) is 7.18. The van der Waals surface area contributed by atoms with Gasteiger partial charge in [-0.25, -0.2) is 0 Å². The van der Waals surface area contributed by atoms with Crippen LogP contribution in [-0.4, -0.2) is 9.97 Å². The minimum Gasteiger partial charge on any atom is -0.271 e. The summed E-state index contributed by atoms with van der Waals surface area (Å²) in [6.45, 7) is 0. The molecular weight excluding hydrogens is 272 g/mol. The second kappa shape index (κ2) is 5.87. The lowest BCUT2D eigenvalue weighted by Crippen LogP contribution is -2.34. The Hall–Kier alpha value is -1.49. The third kappa shape index (κ3) is 2.42. The van der Waals surface area contributed by atoms with Crippen LogP contribution >= 0.6 is 11.6 Å². The van der Waals surface area contributed by atoms with Gasteiger partial charge in [-0.1, -0.05) is 17.7 Å². The molecule has 2 unspecified atom stereocenters. The summed E-state index contributed by atoms with van der Waals surface area (Å²) in [6.07, 6.45) is 8.53. The summed E-state index contributed by atoms with van der Waals surface area (Å²) in [6, 6.07) is 6.02. The number of rotatable bonds is 3. The van der Waals surface area contributed by atoms with Gasteiger partial charge in [-0.05, 0) is 42.5 Å². The molecule has 0 amide bonds. The van der Waals surface area contributed by atoms with Crippen molar-refractivity contribution in [3.63, 3.8) is 0 Å². The summed E-state index contributed by atoms with van der Waals surface area (Å²) in [4.78, 5) is 8.61. The van der Waals surface area contributed by atoms with E-state index in [4.69, 9.17) is 17.4 Å². The van der Waals surface area contributed by atoms with Gasteiger partial charge in [0.15, 0.2) is 0 Å². The lowest BCUT2D eigenvalue weighted by Gasteiger charge is -2.31. The van der Waals surface area contributed by atoms with E-state index in [0.29, 0.717) is 5.02 Å². The van der Waals surface area contributed by atoms with Gasteiger partial charge in [0.25, 0.3) is 0 Å². The maximum Gasteiger partial charge on any atom is 0.0637 e. The molecule has 2 aromatic rings. The van der Waals surface area contributed by atoms with Crippen molar-refractivity contribution in [1.82, 2.24) is 15.4 Å². The van der Waals surface area contributed by atoms with Gasteiger partial charge in [-0.2, -0.15) is 0 Å². The van der Waals surface area contributed by atoms with Gasteiger partial charge in [-0.15, -0.1) is 0 Å². The first kappa shape index (κ1) is 13.5. The van der Waals surface area contributed by atoms with Crippen LogP contribution in [0.25, 0.3) is 0 Å². The predicted molar refractivity (Wildman–Crippen MR) is 79.2 cm³/mol. The molecule has 0 aromatic carbocycles. The lowest BCUT2D eigenvalue weighted by atomic mass is 9.80. The molecule has 4 nitrogen and oxygen atoms in total. The Morgan fingerprint density at radius 1 is 1.35 bits per heavy atom. The van der Waals surface area contributed by atoms with E-state index in [2.05, 4.69) is 21.5 Å². The van der Waals surface area contributed by atoms with Crippen LogP contribution in [0.4, 0.5) is 0 Å². The number of hydrazine groups is 1. The molecule has 3 rings (SSSR count). The minimum atomic E-state index is -0.0422. The van der Waals surface area contributed by atoms with E-state index in [9.17, 15) is 0 Å². The number of fused-ring (bicyclic) bond motifs is 1. The van der Waals surface area contributed by atoms with E-state index >= 15 is 0 Å². The summed E-state index contributed by atoms with van der Waals surface area (Å²) in [5, 5.41) is 0.638. The number of nitrogens with two attached hydrogens (primary N) is 1. The molecule has 0 bridgehead atoms. The summed E-state index contributed by atoms with van der Waals surface area (Å²) in [5.41, 5.74) is 6.34. The molecule has 0 saturated heterocycles. The average molecular weight is 289 g/mol. The van der Waals surface area contributed by atoms with E-state index < -0.39 is 0 Å². The number of aromatic nitrogens is 2. The summed E-state index contributed by atoms with van der Waals surface area (Å²) in [5.74, 6) is 6.05. The minimum absolute atomic E-state index is 0.0422. The number of nitrogens with one attached hydrogen (secondary N) is 1. The summed E-state index contributed by atoms with van der Waals surface area (Å²) in [7, 11) is 0. The molecule has 5 heteroatoms. The predicted octanol–water partition coefficient (Wildman–Crippen LogP) is 2.75. The zero-order chi connectivity index (χ0) is 13.9. The van der Waals surface area contributed by atoms with E-state index in [1.807, 2.05) is 18.3 Å². The smallest absolute Gasteiger partial charge is 0.0637 e. The zero-order valence-electron chi connectivity index (χ0n) is 11.1. The zero-order valence-corrected chi connectivity index (χ0v) is 11.8. The van der Waals surface area contributed by atoms with Crippen molar-refractivity contribution < 1.29 is 0 Å². The van der Waals surface area contributed by atoms with Gasteiger partial charge in [0.05, 0.1) is 11.1 Å². The molecule has 0 fully saturated rings. The highest BCUT2D eigenvalue weighted by Crippen LogP contribution is 2.40. The maximum absolute atomic E-state index is 6.27. The second-order valence-electron chi connectivity index (χ2n) is 5.09. The highest BCUT2D eigenvalue weighted by molar-refractivity contribution is 6.31. The molecule has 0 saturated carbocycles. The molecule has 1 aliphatic rings. The van der Waals surface area contributed by atoms with Crippen LogP contribution in [0.1, 0.15) is 41.6 Å². The first-order chi connectivity index (χ1) is 9.81. The lowest BCUT2D eigenvalue weighted by molar-refractivity contribution is 0.400. The maximum atomic E-state index is 6.27. The van der Waals surface area contributed by atoms with Crippen LogP contribution in [0, 0.1) is 0 Å². The van der Waals surface area contributed by atoms with Gasteiger partial charge in [0.1, 0.15) is 0 Å². The summed E-state index contributed by atoms with van der Waals surface area (Å²) >= 11 is 6.27. The molecule has 0 aliphatic heterocycles. The highest BCUT2D eigenvalue weighted by atomic mass is 35.5. The molecule has 2 atom stereocenters. The fraction of sp³-hybridized carbons (Fsp3) is 0.333. The molecule has 20 heavy (non-hydrogen) atoms. The number of halogens is 1. The Bertz CT molecular complexity index is 602. The van der Waals surface area contributed by atoms with Crippen molar-refractivity contribution in [1.29, 1.82) is 0 Å². The molecule has 3 N–H and O–H groups in total. The Morgan fingerprint density at radius 2 is 2.25 bits per heavy atom. The Morgan fingerprint density at radius 3 is 3.05 bits per heavy atom. The third-order valence-corrected chi connectivity index (χ3v) is 4.28. The number of nitrogens with zero attached hydrogens (tertiary/aromatic N) is 2. The molecule has 1 aliphatic carbocycles. The topological polar surface area (TPSA) is 63.8 Å². The Kier molecular flexibility index (Phi) is 3.96. The average Bonchev–Trinajstić information content (AvgIpc) is 2.50. The first-order valence-electron chi connectivity index (χ1n) is 6.80. The summed E-state index contributed by atoms with van der Waals surface area (Å²) < 4.78 is 0.